The molecule has 0 amide bonds. The van der Waals surface area contributed by atoms with Crippen LogP contribution in [0.15, 0.2) is 113 Å². The van der Waals surface area contributed by atoms with Crippen LogP contribution in [0.1, 0.15) is 47.0 Å². The van der Waals surface area contributed by atoms with Crippen LogP contribution in [0, 0.1) is 0 Å². The summed E-state index contributed by atoms with van der Waals surface area (Å²) >= 11 is 0. The van der Waals surface area contributed by atoms with Gasteiger partial charge >= 0.3 is 0 Å². The number of unbranched alkanes of at least 4 members (excludes halogenated alkanes) is 1. The van der Waals surface area contributed by atoms with Crippen molar-refractivity contribution in [1.29, 1.82) is 0 Å². The van der Waals surface area contributed by atoms with Gasteiger partial charge in [0.1, 0.15) is 22.8 Å². The normalized spacial score (nSPS) is 11.5. The number of carbonyl (C=O) groups excluding carboxylic acids is 1. The Morgan fingerprint density at radius 2 is 1.62 bits per heavy atom. The maximum atomic E-state index is 13.8. The number of aliphatic imine (C=N–C) groups is 1. The molecule has 5 aromatic carbocycles. The van der Waals surface area contributed by atoms with Gasteiger partial charge in [-0.25, -0.2) is 0 Å². The van der Waals surface area contributed by atoms with Crippen molar-refractivity contribution in [1.82, 2.24) is 0 Å². The predicted molar refractivity (Wildman–Crippen MR) is 170 cm³/mol. The maximum Gasteiger partial charge on any atom is 0.197 e. The van der Waals surface area contributed by atoms with Gasteiger partial charge in [0.2, 0.25) is 0 Å². The summed E-state index contributed by atoms with van der Waals surface area (Å²) < 4.78 is 11.5. The van der Waals surface area contributed by atoms with Crippen molar-refractivity contribution < 1.29 is 19.1 Å². The summed E-state index contributed by atoms with van der Waals surface area (Å²) in [6.07, 6.45) is 4.40. The van der Waals surface area contributed by atoms with Crippen LogP contribution in [0.5, 0.6) is 11.5 Å². The van der Waals surface area contributed by atoms with Gasteiger partial charge in [0, 0.05) is 34.7 Å². The molecule has 1 heterocycles. The van der Waals surface area contributed by atoms with E-state index in [1.807, 2.05) is 72.8 Å². The third kappa shape index (κ3) is 5.29. The van der Waals surface area contributed by atoms with E-state index in [4.69, 9.17) is 14.1 Å². The van der Waals surface area contributed by atoms with Crippen molar-refractivity contribution in [2.45, 2.75) is 26.2 Å². The van der Waals surface area contributed by atoms with Crippen LogP contribution < -0.4 is 4.74 Å². The largest absolute Gasteiger partial charge is 0.507 e. The number of ketones is 1. The number of furan rings is 1. The fourth-order valence-corrected chi connectivity index (χ4v) is 5.31. The molecule has 0 fully saturated rings. The number of phenols is 1. The van der Waals surface area contributed by atoms with E-state index in [9.17, 15) is 9.90 Å². The number of fused-ring (bicyclic) bond motifs is 2. The van der Waals surface area contributed by atoms with Gasteiger partial charge in [0.25, 0.3) is 0 Å². The van der Waals surface area contributed by atoms with E-state index in [0.717, 1.165) is 45.7 Å². The summed E-state index contributed by atoms with van der Waals surface area (Å²) in [4.78, 5) is 18.6. The van der Waals surface area contributed by atoms with Crippen LogP contribution in [0.3, 0.4) is 0 Å². The molecule has 0 spiro atoms. The molecule has 5 nitrogen and oxygen atoms in total. The van der Waals surface area contributed by atoms with E-state index in [0.29, 0.717) is 40.3 Å². The molecule has 1 aromatic heterocycles. The second-order valence-corrected chi connectivity index (χ2v) is 10.3. The van der Waals surface area contributed by atoms with E-state index >= 15 is 0 Å². The summed E-state index contributed by atoms with van der Waals surface area (Å²) in [7, 11) is 1.61. The Balaban J connectivity index is 1.39. The fourth-order valence-electron chi connectivity index (χ4n) is 5.31. The zero-order valence-electron chi connectivity index (χ0n) is 23.6. The average Bonchev–Trinajstić information content (AvgIpc) is 3.39. The van der Waals surface area contributed by atoms with Crippen LogP contribution in [0.25, 0.3) is 32.9 Å². The number of hydrogen-bond acceptors (Lipinski definition) is 5. The van der Waals surface area contributed by atoms with Crippen molar-refractivity contribution in [2.75, 3.05) is 7.11 Å². The van der Waals surface area contributed by atoms with Gasteiger partial charge < -0.3 is 14.3 Å². The Labute approximate surface area is 244 Å². The topological polar surface area (TPSA) is 72.0 Å². The smallest absolute Gasteiger partial charge is 0.197 e. The molecule has 42 heavy (non-hydrogen) atoms. The number of nitrogens with zero attached hydrogens (tertiary/aromatic N) is 1. The number of benzene rings is 5. The summed E-state index contributed by atoms with van der Waals surface area (Å²) in [6.45, 7) is 2.12. The van der Waals surface area contributed by atoms with E-state index < -0.39 is 0 Å². The highest BCUT2D eigenvalue weighted by Crippen LogP contribution is 2.36. The zero-order valence-corrected chi connectivity index (χ0v) is 23.6. The van der Waals surface area contributed by atoms with Gasteiger partial charge in [-0.3, -0.25) is 9.79 Å². The van der Waals surface area contributed by atoms with Crippen LogP contribution in [0.2, 0.25) is 0 Å². The maximum absolute atomic E-state index is 13.8. The van der Waals surface area contributed by atoms with Gasteiger partial charge in [-0.2, -0.15) is 0 Å². The summed E-state index contributed by atoms with van der Waals surface area (Å²) in [5, 5.41) is 13.6. The Kier molecular flexibility index (Phi) is 7.56. The first-order valence-electron chi connectivity index (χ1n) is 14.1. The number of aromatic hydroxyl groups is 1. The second-order valence-electron chi connectivity index (χ2n) is 10.3. The number of phenolic OH excluding ortho intramolecular Hbond substituents is 1. The van der Waals surface area contributed by atoms with Gasteiger partial charge in [0.05, 0.1) is 18.4 Å². The molecule has 6 aromatic rings. The average molecular weight is 554 g/mol. The number of methoxy groups -OCH3 is 1. The first-order valence-corrected chi connectivity index (χ1v) is 14.1. The third-order valence-electron chi connectivity index (χ3n) is 7.55. The molecule has 0 saturated carbocycles. The molecule has 5 heteroatoms. The molecule has 6 rings (SSSR count). The molecule has 0 atom stereocenters. The Bertz CT molecular complexity index is 1930. The SMILES string of the molecule is CCCCc1oc2ccc(N=Cc3ccccc3-c3cc4ccccc4cc3O)cc2c1C(=O)c1ccc(OC)cc1. The Morgan fingerprint density at radius 1 is 0.881 bits per heavy atom. The number of hydrogen-bond donors (Lipinski definition) is 1. The minimum Gasteiger partial charge on any atom is -0.507 e. The molecule has 0 unspecified atom stereocenters. The molecule has 0 aliphatic rings. The lowest BCUT2D eigenvalue weighted by Gasteiger charge is -2.10. The van der Waals surface area contributed by atoms with Crippen molar-refractivity contribution in [3.05, 3.63) is 126 Å². The van der Waals surface area contributed by atoms with Crippen molar-refractivity contribution >= 4 is 39.4 Å². The molecular formula is C37H31NO4. The Hall–Kier alpha value is -5.16. The number of ether oxygens (including phenoxy) is 1. The molecule has 1 N–H and O–H groups in total. The zero-order chi connectivity index (χ0) is 29.1. The lowest BCUT2D eigenvalue weighted by molar-refractivity contribution is 0.103. The summed E-state index contributed by atoms with van der Waals surface area (Å²) in [5.41, 5.74) is 5.02. The van der Waals surface area contributed by atoms with Crippen molar-refractivity contribution in [3.63, 3.8) is 0 Å². The molecule has 0 radical (unpaired) electrons. The van der Waals surface area contributed by atoms with E-state index in [2.05, 4.69) is 6.92 Å². The first-order chi connectivity index (χ1) is 20.6. The highest BCUT2D eigenvalue weighted by Gasteiger charge is 2.22. The minimum atomic E-state index is -0.0826. The summed E-state index contributed by atoms with van der Waals surface area (Å²) in [6, 6.07) is 32.5. The summed E-state index contributed by atoms with van der Waals surface area (Å²) in [5.74, 6) is 1.53. The highest BCUT2D eigenvalue weighted by atomic mass is 16.5. The lowest BCUT2D eigenvalue weighted by atomic mass is 9.96. The van der Waals surface area contributed by atoms with Crippen LogP contribution in [0.4, 0.5) is 5.69 Å². The van der Waals surface area contributed by atoms with Crippen LogP contribution >= 0.6 is 0 Å². The van der Waals surface area contributed by atoms with Crippen molar-refractivity contribution in [3.8, 4) is 22.6 Å². The van der Waals surface area contributed by atoms with Gasteiger partial charge in [-0.1, -0.05) is 61.9 Å². The lowest BCUT2D eigenvalue weighted by Crippen LogP contribution is -2.04. The molecule has 0 aliphatic heterocycles. The third-order valence-corrected chi connectivity index (χ3v) is 7.55. The number of rotatable bonds is 9. The monoisotopic (exact) mass is 553 g/mol. The van der Waals surface area contributed by atoms with E-state index in [-0.39, 0.29) is 11.5 Å². The molecular weight excluding hydrogens is 522 g/mol. The van der Waals surface area contributed by atoms with Gasteiger partial charge in [0.15, 0.2) is 5.78 Å². The molecule has 0 bridgehead atoms. The molecule has 208 valence electrons. The second kappa shape index (κ2) is 11.8. The standard InChI is InChI=1S/C37H31NO4/c1-3-4-13-35-36(37(40)24-14-17-29(41-2)18-15-24)32-22-28(16-19-34(32)42-35)38-23-27-11-7-8-12-30(27)31-20-25-9-5-6-10-26(25)21-33(31)39/h5-12,14-23,39H,3-4,13H2,1-2H3. The Morgan fingerprint density at radius 3 is 2.38 bits per heavy atom. The predicted octanol–water partition coefficient (Wildman–Crippen LogP) is 9.29. The minimum absolute atomic E-state index is 0.0826. The first kappa shape index (κ1) is 27.0. The number of aryl methyl sites for hydroxylation is 1. The van der Waals surface area contributed by atoms with Gasteiger partial charge in [-0.05, 0) is 77.4 Å². The quantitative estimate of drug-likeness (QED) is 0.143. The molecule has 0 aliphatic carbocycles. The van der Waals surface area contributed by atoms with Crippen molar-refractivity contribution in [2.24, 2.45) is 4.99 Å². The molecule has 0 saturated heterocycles. The van der Waals surface area contributed by atoms with Crippen LogP contribution in [-0.4, -0.2) is 24.2 Å². The van der Waals surface area contributed by atoms with Crippen LogP contribution in [-0.2, 0) is 6.42 Å². The van der Waals surface area contributed by atoms with Gasteiger partial charge in [-0.15, -0.1) is 0 Å². The highest BCUT2D eigenvalue weighted by molar-refractivity contribution is 6.17. The van der Waals surface area contributed by atoms with E-state index in [1.165, 1.54) is 0 Å². The van der Waals surface area contributed by atoms with E-state index in [1.54, 1.807) is 43.7 Å². The fraction of sp³-hybridized carbons (Fsp3) is 0.135. The number of carbonyl (C=O) groups is 1.